The molecule has 2 aromatic heterocycles. The van der Waals surface area contributed by atoms with Gasteiger partial charge >= 0.3 is 0 Å². The van der Waals surface area contributed by atoms with E-state index in [4.69, 9.17) is 20.4 Å². The van der Waals surface area contributed by atoms with E-state index in [0.717, 1.165) is 54.3 Å². The SMILES string of the molecule is Cc1ccc([C@H](CNC(=O)c2oc3ccc(Cl)cc3c2C)N2CCC(C)CC2)o1. The Morgan fingerprint density at radius 3 is 2.66 bits per heavy atom. The molecular formula is C23H27ClN2O3. The average molecular weight is 415 g/mol. The van der Waals surface area contributed by atoms with Crippen LogP contribution in [0.15, 0.2) is 39.2 Å². The number of nitrogens with one attached hydrogen (secondary N) is 1. The topological polar surface area (TPSA) is 58.6 Å². The molecule has 3 heterocycles. The first-order valence-corrected chi connectivity index (χ1v) is 10.6. The maximum absolute atomic E-state index is 12.9. The highest BCUT2D eigenvalue weighted by Crippen LogP contribution is 2.29. The van der Waals surface area contributed by atoms with Gasteiger partial charge in [-0.2, -0.15) is 0 Å². The first kappa shape index (κ1) is 20.0. The van der Waals surface area contributed by atoms with Gasteiger partial charge in [-0.15, -0.1) is 0 Å². The molecule has 1 fully saturated rings. The number of hydrogen-bond donors (Lipinski definition) is 1. The van der Waals surface area contributed by atoms with E-state index in [2.05, 4.69) is 17.1 Å². The van der Waals surface area contributed by atoms with Gasteiger partial charge < -0.3 is 14.2 Å². The van der Waals surface area contributed by atoms with Crippen LogP contribution in [0.5, 0.6) is 0 Å². The molecule has 1 amide bonds. The van der Waals surface area contributed by atoms with Crippen LogP contribution in [0.1, 0.15) is 53.4 Å². The van der Waals surface area contributed by atoms with E-state index in [-0.39, 0.29) is 11.9 Å². The number of piperidine rings is 1. The lowest BCUT2D eigenvalue weighted by molar-refractivity contribution is 0.0871. The van der Waals surface area contributed by atoms with Crippen molar-refractivity contribution >= 4 is 28.5 Å². The number of furan rings is 2. The normalized spacial score (nSPS) is 17.0. The van der Waals surface area contributed by atoms with Gasteiger partial charge in [0, 0.05) is 22.5 Å². The molecule has 6 heteroatoms. The Kier molecular flexibility index (Phi) is 5.70. The Labute approximate surface area is 176 Å². The summed E-state index contributed by atoms with van der Waals surface area (Å²) in [6.45, 7) is 8.60. The lowest BCUT2D eigenvalue weighted by Gasteiger charge is -2.35. The second-order valence-corrected chi connectivity index (χ2v) is 8.53. The van der Waals surface area contributed by atoms with Crippen LogP contribution in [0.4, 0.5) is 0 Å². The lowest BCUT2D eigenvalue weighted by Crippen LogP contribution is -2.41. The molecule has 1 aliphatic rings. The Bertz CT molecular complexity index is 1010. The number of fused-ring (bicyclic) bond motifs is 1. The van der Waals surface area contributed by atoms with E-state index in [0.29, 0.717) is 22.9 Å². The van der Waals surface area contributed by atoms with Crippen molar-refractivity contribution in [1.82, 2.24) is 10.2 Å². The third kappa shape index (κ3) is 4.21. The maximum Gasteiger partial charge on any atom is 0.287 e. The molecule has 1 aromatic carbocycles. The summed E-state index contributed by atoms with van der Waals surface area (Å²) in [5, 5.41) is 4.56. The van der Waals surface area contributed by atoms with E-state index in [1.165, 1.54) is 0 Å². The van der Waals surface area contributed by atoms with E-state index < -0.39 is 0 Å². The average Bonchev–Trinajstić information content (AvgIpc) is 3.27. The van der Waals surface area contributed by atoms with Crippen molar-refractivity contribution in [2.45, 2.75) is 39.7 Å². The summed E-state index contributed by atoms with van der Waals surface area (Å²) in [7, 11) is 0. The predicted octanol–water partition coefficient (Wildman–Crippen LogP) is 5.50. The third-order valence-corrected chi connectivity index (χ3v) is 6.14. The number of likely N-dealkylation sites (tertiary alicyclic amines) is 1. The second-order valence-electron chi connectivity index (χ2n) is 8.09. The monoisotopic (exact) mass is 414 g/mol. The number of hydrogen-bond acceptors (Lipinski definition) is 4. The van der Waals surface area contributed by atoms with Crippen LogP contribution in [-0.4, -0.2) is 30.4 Å². The Balaban J connectivity index is 1.52. The zero-order chi connectivity index (χ0) is 20.5. The maximum atomic E-state index is 12.9. The van der Waals surface area contributed by atoms with E-state index in [1.54, 1.807) is 12.1 Å². The van der Waals surface area contributed by atoms with Gasteiger partial charge in [-0.3, -0.25) is 9.69 Å². The van der Waals surface area contributed by atoms with Crippen molar-refractivity contribution < 1.29 is 13.6 Å². The minimum Gasteiger partial charge on any atom is -0.465 e. The molecule has 1 N–H and O–H groups in total. The predicted molar refractivity (Wildman–Crippen MR) is 114 cm³/mol. The summed E-state index contributed by atoms with van der Waals surface area (Å²) in [6, 6.07) is 9.39. The van der Waals surface area contributed by atoms with Crippen molar-refractivity contribution in [1.29, 1.82) is 0 Å². The van der Waals surface area contributed by atoms with Gasteiger partial charge in [0.1, 0.15) is 17.1 Å². The summed E-state index contributed by atoms with van der Waals surface area (Å²) in [5.74, 6) is 2.64. The lowest BCUT2D eigenvalue weighted by atomic mass is 9.97. The van der Waals surface area contributed by atoms with Gasteiger partial charge in [-0.25, -0.2) is 0 Å². The summed E-state index contributed by atoms with van der Waals surface area (Å²) < 4.78 is 11.7. The zero-order valence-corrected chi connectivity index (χ0v) is 17.9. The molecule has 4 rings (SSSR count). The van der Waals surface area contributed by atoms with Crippen LogP contribution in [0.3, 0.4) is 0 Å². The minimum absolute atomic E-state index is 0.0132. The number of rotatable bonds is 5. The summed E-state index contributed by atoms with van der Waals surface area (Å²) in [6.07, 6.45) is 2.32. The highest BCUT2D eigenvalue weighted by Gasteiger charge is 2.28. The largest absolute Gasteiger partial charge is 0.465 e. The van der Waals surface area contributed by atoms with Crippen molar-refractivity contribution in [2.75, 3.05) is 19.6 Å². The fourth-order valence-electron chi connectivity index (χ4n) is 4.06. The molecule has 0 unspecified atom stereocenters. The van der Waals surface area contributed by atoms with Gasteiger partial charge in [0.15, 0.2) is 5.76 Å². The molecule has 1 saturated heterocycles. The summed E-state index contributed by atoms with van der Waals surface area (Å²) >= 11 is 6.09. The van der Waals surface area contributed by atoms with Gasteiger partial charge in [-0.05, 0) is 76.0 Å². The van der Waals surface area contributed by atoms with Gasteiger partial charge in [0.05, 0.1) is 6.04 Å². The van der Waals surface area contributed by atoms with Gasteiger partial charge in [0.25, 0.3) is 5.91 Å². The quantitative estimate of drug-likeness (QED) is 0.598. The molecule has 0 spiro atoms. The molecule has 0 aliphatic carbocycles. The number of aryl methyl sites for hydroxylation is 2. The number of amides is 1. The highest BCUT2D eigenvalue weighted by atomic mass is 35.5. The molecule has 1 aliphatic heterocycles. The Morgan fingerprint density at radius 1 is 1.21 bits per heavy atom. The second kappa shape index (κ2) is 8.25. The highest BCUT2D eigenvalue weighted by molar-refractivity contribution is 6.31. The molecule has 154 valence electrons. The van der Waals surface area contributed by atoms with E-state index in [9.17, 15) is 4.79 Å². The molecule has 3 aromatic rings. The Hall–Kier alpha value is -2.24. The molecule has 5 nitrogen and oxygen atoms in total. The summed E-state index contributed by atoms with van der Waals surface area (Å²) in [4.78, 5) is 15.3. The van der Waals surface area contributed by atoms with E-state index >= 15 is 0 Å². The van der Waals surface area contributed by atoms with Crippen molar-refractivity contribution in [3.05, 3.63) is 58.2 Å². The molecule has 0 bridgehead atoms. The zero-order valence-electron chi connectivity index (χ0n) is 17.1. The van der Waals surface area contributed by atoms with Crippen LogP contribution < -0.4 is 5.32 Å². The fourth-order valence-corrected chi connectivity index (χ4v) is 4.23. The molecule has 29 heavy (non-hydrogen) atoms. The molecule has 1 atom stereocenters. The molecular weight excluding hydrogens is 388 g/mol. The number of benzene rings is 1. The minimum atomic E-state index is -0.214. The number of halogens is 1. The number of nitrogens with zero attached hydrogens (tertiary/aromatic N) is 1. The van der Waals surface area contributed by atoms with Crippen LogP contribution in [0.25, 0.3) is 11.0 Å². The van der Waals surface area contributed by atoms with Crippen molar-refractivity contribution in [3.63, 3.8) is 0 Å². The first-order chi connectivity index (χ1) is 13.9. The van der Waals surface area contributed by atoms with Crippen molar-refractivity contribution in [3.8, 4) is 0 Å². The first-order valence-electron chi connectivity index (χ1n) is 10.2. The fraction of sp³-hybridized carbons (Fsp3) is 0.435. The van der Waals surface area contributed by atoms with Gasteiger partial charge in [-0.1, -0.05) is 18.5 Å². The van der Waals surface area contributed by atoms with Crippen LogP contribution in [0, 0.1) is 19.8 Å². The number of carbonyl (C=O) groups excluding carboxylic acids is 1. The molecule has 0 saturated carbocycles. The molecule has 0 radical (unpaired) electrons. The third-order valence-electron chi connectivity index (χ3n) is 5.91. The van der Waals surface area contributed by atoms with Crippen LogP contribution in [0.2, 0.25) is 5.02 Å². The smallest absolute Gasteiger partial charge is 0.287 e. The van der Waals surface area contributed by atoms with E-state index in [1.807, 2.05) is 32.0 Å². The van der Waals surface area contributed by atoms with Crippen LogP contribution >= 0.6 is 11.6 Å². The van der Waals surface area contributed by atoms with Crippen molar-refractivity contribution in [2.24, 2.45) is 5.92 Å². The number of carbonyl (C=O) groups is 1. The van der Waals surface area contributed by atoms with Gasteiger partial charge in [0.2, 0.25) is 0 Å². The Morgan fingerprint density at radius 2 is 1.97 bits per heavy atom. The standard InChI is InChI=1S/C23H27ClN2O3/c1-14-8-10-26(11-9-14)19(21-6-4-15(2)28-21)13-25-23(27)22-16(3)18-12-17(24)5-7-20(18)29-22/h4-7,12,14,19H,8-11,13H2,1-3H3,(H,25,27)/t19-/m0/s1. The summed E-state index contributed by atoms with van der Waals surface area (Å²) in [5.41, 5.74) is 1.47. The van der Waals surface area contributed by atoms with Crippen LogP contribution in [-0.2, 0) is 0 Å².